The van der Waals surface area contributed by atoms with Crippen LogP contribution in [0.2, 0.25) is 0 Å². The normalized spacial score (nSPS) is 13.8. The predicted octanol–water partition coefficient (Wildman–Crippen LogP) is 4.45. The summed E-state index contributed by atoms with van der Waals surface area (Å²) in [6, 6.07) is 14.4. The summed E-state index contributed by atoms with van der Waals surface area (Å²) in [6.07, 6.45) is 2.54. The topological polar surface area (TPSA) is 53.5 Å². The zero-order chi connectivity index (χ0) is 20.9. The van der Waals surface area contributed by atoms with E-state index in [0.717, 1.165) is 25.1 Å². The van der Waals surface area contributed by atoms with Crippen molar-refractivity contribution < 1.29 is 9.59 Å². The van der Waals surface area contributed by atoms with Crippen molar-refractivity contribution in [1.82, 2.24) is 9.88 Å². The molecule has 0 N–H and O–H groups in total. The van der Waals surface area contributed by atoms with Crippen molar-refractivity contribution in [3.63, 3.8) is 0 Å². The van der Waals surface area contributed by atoms with Crippen molar-refractivity contribution in [2.75, 3.05) is 18.0 Å². The molecule has 0 spiro atoms. The first kappa shape index (κ1) is 20.8. The summed E-state index contributed by atoms with van der Waals surface area (Å²) < 4.78 is 0. The minimum Gasteiger partial charge on any atom is -0.337 e. The molecule has 1 aliphatic rings. The number of aromatic nitrogens is 1. The molecule has 1 aromatic carbocycles. The van der Waals surface area contributed by atoms with Crippen LogP contribution in [0.25, 0.3) is 0 Å². The van der Waals surface area contributed by atoms with Crippen LogP contribution >= 0.6 is 22.7 Å². The summed E-state index contributed by atoms with van der Waals surface area (Å²) in [5, 5.41) is 2.62. The number of rotatable bonds is 8. The van der Waals surface area contributed by atoms with E-state index in [0.29, 0.717) is 24.6 Å². The van der Waals surface area contributed by atoms with Crippen LogP contribution in [-0.2, 0) is 29.0 Å². The van der Waals surface area contributed by atoms with Gasteiger partial charge >= 0.3 is 0 Å². The van der Waals surface area contributed by atoms with Gasteiger partial charge in [0.2, 0.25) is 11.8 Å². The SMILES string of the molecule is Cc1ccc(CN(CCc2ccccc2)C(=O)Cc2csc(N3CCCC3=O)n2)s1. The number of nitrogens with zero attached hydrogens (tertiary/aromatic N) is 3. The summed E-state index contributed by atoms with van der Waals surface area (Å²) in [5.74, 6) is 0.196. The fourth-order valence-electron chi connectivity index (χ4n) is 3.58. The maximum atomic E-state index is 13.2. The van der Waals surface area contributed by atoms with Crippen molar-refractivity contribution in [3.8, 4) is 0 Å². The lowest BCUT2D eigenvalue weighted by Gasteiger charge is -2.22. The van der Waals surface area contributed by atoms with Gasteiger partial charge in [0, 0.05) is 34.6 Å². The second-order valence-electron chi connectivity index (χ2n) is 7.51. The molecule has 2 amide bonds. The molecule has 30 heavy (non-hydrogen) atoms. The van der Waals surface area contributed by atoms with E-state index in [1.807, 2.05) is 28.5 Å². The number of aryl methyl sites for hydroxylation is 1. The van der Waals surface area contributed by atoms with Crippen molar-refractivity contribution in [1.29, 1.82) is 0 Å². The Labute approximate surface area is 185 Å². The summed E-state index contributed by atoms with van der Waals surface area (Å²) >= 11 is 3.18. The highest BCUT2D eigenvalue weighted by atomic mass is 32.1. The number of amides is 2. The van der Waals surface area contributed by atoms with E-state index in [9.17, 15) is 9.59 Å². The van der Waals surface area contributed by atoms with Gasteiger partial charge in [-0.1, -0.05) is 30.3 Å². The Balaban J connectivity index is 1.44. The lowest BCUT2D eigenvalue weighted by atomic mass is 10.1. The van der Waals surface area contributed by atoms with E-state index in [1.54, 1.807) is 16.2 Å². The first-order valence-electron chi connectivity index (χ1n) is 10.2. The maximum Gasteiger partial charge on any atom is 0.228 e. The fourth-order valence-corrected chi connectivity index (χ4v) is 5.35. The number of carbonyl (C=O) groups is 2. The van der Waals surface area contributed by atoms with Gasteiger partial charge in [-0.15, -0.1) is 22.7 Å². The molecule has 5 nitrogen and oxygen atoms in total. The van der Waals surface area contributed by atoms with E-state index in [4.69, 9.17) is 0 Å². The molecule has 0 atom stereocenters. The van der Waals surface area contributed by atoms with E-state index in [2.05, 4.69) is 36.2 Å². The molecule has 0 saturated carbocycles. The lowest BCUT2D eigenvalue weighted by Crippen LogP contribution is -2.33. The number of thiophene rings is 1. The maximum absolute atomic E-state index is 13.2. The molecule has 3 heterocycles. The molecule has 3 aromatic rings. The average molecular weight is 440 g/mol. The van der Waals surface area contributed by atoms with Gasteiger partial charge in [-0.05, 0) is 37.5 Å². The molecular formula is C23H25N3O2S2. The third-order valence-corrected chi connectivity index (χ3v) is 7.08. The average Bonchev–Trinajstić information content (AvgIpc) is 3.47. The predicted molar refractivity (Wildman–Crippen MR) is 122 cm³/mol. The van der Waals surface area contributed by atoms with Gasteiger partial charge in [0.25, 0.3) is 0 Å². The van der Waals surface area contributed by atoms with Crippen LogP contribution in [-0.4, -0.2) is 34.8 Å². The fraction of sp³-hybridized carbons (Fsp3) is 0.348. The van der Waals surface area contributed by atoms with Crippen LogP contribution < -0.4 is 4.90 Å². The second-order valence-corrected chi connectivity index (χ2v) is 9.72. The van der Waals surface area contributed by atoms with E-state index in [1.165, 1.54) is 26.7 Å². The molecule has 4 rings (SSSR count). The van der Waals surface area contributed by atoms with Crippen molar-refractivity contribution in [3.05, 3.63) is 68.9 Å². The summed E-state index contributed by atoms with van der Waals surface area (Å²) in [5.41, 5.74) is 1.97. The molecule has 0 unspecified atom stereocenters. The molecule has 2 aromatic heterocycles. The Morgan fingerprint density at radius 2 is 2.03 bits per heavy atom. The summed E-state index contributed by atoms with van der Waals surface area (Å²) in [4.78, 5) is 35.8. The Morgan fingerprint density at radius 3 is 2.73 bits per heavy atom. The van der Waals surface area contributed by atoms with Crippen LogP contribution in [0.5, 0.6) is 0 Å². The highest BCUT2D eigenvalue weighted by molar-refractivity contribution is 7.14. The van der Waals surface area contributed by atoms with E-state index < -0.39 is 0 Å². The number of thiazole rings is 1. The molecule has 7 heteroatoms. The standard InChI is InChI=1S/C23H25N3O2S2/c1-17-9-10-20(30-17)15-25(13-11-18-6-3-2-4-7-18)22(28)14-19-16-29-23(24-19)26-12-5-8-21(26)27/h2-4,6-7,9-10,16H,5,8,11-15H2,1H3. The van der Waals surface area contributed by atoms with Crippen molar-refractivity contribution >= 4 is 39.6 Å². The van der Waals surface area contributed by atoms with Gasteiger partial charge in [0.15, 0.2) is 5.13 Å². The Kier molecular flexibility index (Phi) is 6.59. The second kappa shape index (κ2) is 9.53. The molecule has 1 saturated heterocycles. The van der Waals surface area contributed by atoms with Crippen LogP contribution in [0, 0.1) is 6.92 Å². The van der Waals surface area contributed by atoms with Gasteiger partial charge < -0.3 is 4.90 Å². The van der Waals surface area contributed by atoms with Crippen LogP contribution in [0.15, 0.2) is 47.8 Å². The van der Waals surface area contributed by atoms with Crippen LogP contribution in [0.1, 0.15) is 33.9 Å². The lowest BCUT2D eigenvalue weighted by molar-refractivity contribution is -0.131. The zero-order valence-corrected chi connectivity index (χ0v) is 18.7. The molecule has 1 fully saturated rings. The van der Waals surface area contributed by atoms with Gasteiger partial charge in [0.1, 0.15) is 0 Å². The quantitative estimate of drug-likeness (QED) is 0.521. The van der Waals surface area contributed by atoms with Crippen LogP contribution in [0.3, 0.4) is 0 Å². The number of benzene rings is 1. The molecular weight excluding hydrogens is 414 g/mol. The van der Waals surface area contributed by atoms with Crippen molar-refractivity contribution in [2.24, 2.45) is 0 Å². The van der Waals surface area contributed by atoms with E-state index >= 15 is 0 Å². The first-order valence-corrected chi connectivity index (χ1v) is 11.9. The third-order valence-electron chi connectivity index (χ3n) is 5.18. The molecule has 1 aliphatic heterocycles. The third kappa shape index (κ3) is 5.15. The molecule has 0 aliphatic carbocycles. The van der Waals surface area contributed by atoms with Gasteiger partial charge in [-0.25, -0.2) is 4.98 Å². The minimum atomic E-state index is 0.0709. The number of hydrogen-bond donors (Lipinski definition) is 0. The highest BCUT2D eigenvalue weighted by Gasteiger charge is 2.25. The Morgan fingerprint density at radius 1 is 1.20 bits per heavy atom. The minimum absolute atomic E-state index is 0.0709. The van der Waals surface area contributed by atoms with Gasteiger partial charge in [-0.2, -0.15) is 0 Å². The molecule has 0 bridgehead atoms. The van der Waals surface area contributed by atoms with E-state index in [-0.39, 0.29) is 18.2 Å². The van der Waals surface area contributed by atoms with Gasteiger partial charge in [-0.3, -0.25) is 14.5 Å². The Hall–Kier alpha value is -2.51. The number of anilines is 1. The molecule has 0 radical (unpaired) electrons. The first-order chi connectivity index (χ1) is 14.6. The highest BCUT2D eigenvalue weighted by Crippen LogP contribution is 2.26. The summed E-state index contributed by atoms with van der Waals surface area (Å²) in [7, 11) is 0. The number of carbonyl (C=O) groups excluding carboxylic acids is 2. The zero-order valence-electron chi connectivity index (χ0n) is 17.0. The Bertz CT molecular complexity index is 1010. The molecule has 156 valence electrons. The number of hydrogen-bond acceptors (Lipinski definition) is 5. The summed E-state index contributed by atoms with van der Waals surface area (Å²) in [6.45, 7) is 4.09. The smallest absolute Gasteiger partial charge is 0.228 e. The monoisotopic (exact) mass is 439 g/mol. The van der Waals surface area contributed by atoms with Gasteiger partial charge in [0.05, 0.1) is 18.7 Å². The van der Waals surface area contributed by atoms with Crippen molar-refractivity contribution in [2.45, 2.75) is 39.2 Å². The van der Waals surface area contributed by atoms with Crippen LogP contribution in [0.4, 0.5) is 5.13 Å². The largest absolute Gasteiger partial charge is 0.337 e.